The van der Waals surface area contributed by atoms with E-state index in [2.05, 4.69) is 30.7 Å². The number of fused-ring (bicyclic) bond motifs is 3. The molecule has 0 spiro atoms. The first-order valence-corrected chi connectivity index (χ1v) is 7.10. The zero-order chi connectivity index (χ0) is 15.6. The largest absolute Gasteiger partial charge is 0.327 e. The predicted molar refractivity (Wildman–Crippen MR) is 89.3 cm³/mol. The Morgan fingerprint density at radius 1 is 1.13 bits per heavy atom. The Labute approximate surface area is 131 Å². The van der Waals surface area contributed by atoms with Gasteiger partial charge in [-0.25, -0.2) is 5.43 Å². The van der Waals surface area contributed by atoms with Crippen molar-refractivity contribution in [3.63, 3.8) is 0 Å². The molecule has 0 aliphatic heterocycles. The topological polar surface area (TPSA) is 80.9 Å². The summed E-state index contributed by atoms with van der Waals surface area (Å²) in [7, 11) is 1.96. The highest BCUT2D eigenvalue weighted by Crippen LogP contribution is 2.24. The van der Waals surface area contributed by atoms with Crippen LogP contribution < -0.4 is 5.43 Å². The normalized spacial score (nSPS) is 11.5. The molecule has 0 saturated carbocycles. The molecule has 7 heteroatoms. The number of benzene rings is 1. The molecule has 0 fully saturated rings. The molecule has 7 nitrogen and oxygen atoms in total. The molecule has 23 heavy (non-hydrogen) atoms. The number of rotatable bonds is 3. The van der Waals surface area contributed by atoms with Crippen LogP contribution >= 0.6 is 0 Å². The number of aromatic nitrogens is 5. The van der Waals surface area contributed by atoms with E-state index in [4.69, 9.17) is 0 Å². The lowest BCUT2D eigenvalue weighted by Gasteiger charge is -1.99. The molecule has 0 amide bonds. The molecule has 0 bridgehead atoms. The summed E-state index contributed by atoms with van der Waals surface area (Å²) in [5, 5.41) is 13.5. The Balaban J connectivity index is 1.68. The molecule has 3 aromatic heterocycles. The van der Waals surface area contributed by atoms with Crippen molar-refractivity contribution in [2.24, 2.45) is 12.1 Å². The van der Waals surface area contributed by atoms with Gasteiger partial charge in [0.05, 0.1) is 11.7 Å². The smallest absolute Gasteiger partial charge is 0.265 e. The number of para-hydroxylation sites is 1. The molecular weight excluding hydrogens is 290 g/mol. The summed E-state index contributed by atoms with van der Waals surface area (Å²) in [6.45, 7) is 0. The zero-order valence-corrected chi connectivity index (χ0v) is 12.4. The number of nitrogens with zero attached hydrogens (tertiary/aromatic N) is 6. The van der Waals surface area contributed by atoms with Crippen molar-refractivity contribution in [3.8, 4) is 0 Å². The molecule has 4 rings (SSSR count). The molecule has 0 radical (unpaired) electrons. The SMILES string of the molecule is Cn1c2ccccc2c2nnc(N/N=C\c3cccnc3)nc21. The predicted octanol–water partition coefficient (Wildman–Crippen LogP) is 2.36. The van der Waals surface area contributed by atoms with Crippen LogP contribution in [0.2, 0.25) is 0 Å². The second-order valence-electron chi connectivity index (χ2n) is 5.04. The highest BCUT2D eigenvalue weighted by molar-refractivity contribution is 6.04. The fourth-order valence-electron chi connectivity index (χ4n) is 2.47. The first-order chi connectivity index (χ1) is 11.3. The minimum atomic E-state index is 0.351. The van der Waals surface area contributed by atoms with Crippen LogP contribution in [0.4, 0.5) is 5.95 Å². The van der Waals surface area contributed by atoms with Gasteiger partial charge in [0.2, 0.25) is 0 Å². The summed E-state index contributed by atoms with van der Waals surface area (Å²) < 4.78 is 2.00. The van der Waals surface area contributed by atoms with Gasteiger partial charge in [0.15, 0.2) is 5.65 Å². The van der Waals surface area contributed by atoms with Crippen molar-refractivity contribution >= 4 is 34.2 Å². The number of hydrogen-bond acceptors (Lipinski definition) is 6. The summed E-state index contributed by atoms with van der Waals surface area (Å²) in [5.74, 6) is 0.351. The molecule has 112 valence electrons. The molecule has 0 aliphatic carbocycles. The van der Waals surface area contributed by atoms with Gasteiger partial charge in [0, 0.05) is 30.4 Å². The van der Waals surface area contributed by atoms with Gasteiger partial charge in [-0.05, 0) is 12.1 Å². The first-order valence-electron chi connectivity index (χ1n) is 7.10. The number of aryl methyl sites for hydroxylation is 1. The molecule has 0 aliphatic rings. The van der Waals surface area contributed by atoms with Crippen molar-refractivity contribution in [1.82, 2.24) is 24.7 Å². The van der Waals surface area contributed by atoms with E-state index in [0.717, 1.165) is 27.6 Å². The fraction of sp³-hybridized carbons (Fsp3) is 0.0625. The Kier molecular flexibility index (Phi) is 3.16. The maximum absolute atomic E-state index is 4.49. The van der Waals surface area contributed by atoms with Crippen LogP contribution in [-0.2, 0) is 7.05 Å². The zero-order valence-electron chi connectivity index (χ0n) is 12.4. The van der Waals surface area contributed by atoms with Crippen molar-refractivity contribution < 1.29 is 0 Å². The minimum Gasteiger partial charge on any atom is -0.327 e. The van der Waals surface area contributed by atoms with E-state index in [1.807, 2.05) is 48.0 Å². The van der Waals surface area contributed by atoms with Crippen LogP contribution in [0.1, 0.15) is 5.56 Å². The Bertz CT molecular complexity index is 1000. The molecule has 4 aromatic rings. The third-order valence-electron chi connectivity index (χ3n) is 3.57. The van der Waals surface area contributed by atoms with Gasteiger partial charge < -0.3 is 4.57 Å². The van der Waals surface area contributed by atoms with Crippen molar-refractivity contribution in [3.05, 3.63) is 54.4 Å². The standard InChI is InChI=1S/C16H13N7/c1-23-13-7-3-2-6-12(13)14-15(23)19-16(22-20-14)21-18-10-11-5-4-8-17-9-11/h2-10H,1H3,(H,19,21,22)/b18-10-. The van der Waals surface area contributed by atoms with E-state index < -0.39 is 0 Å². The van der Waals surface area contributed by atoms with E-state index in [9.17, 15) is 0 Å². The molecule has 3 heterocycles. The fourth-order valence-corrected chi connectivity index (χ4v) is 2.47. The number of anilines is 1. The average Bonchev–Trinajstić information content (AvgIpc) is 2.89. The summed E-state index contributed by atoms with van der Waals surface area (Å²) >= 11 is 0. The molecular formula is C16H13N7. The highest BCUT2D eigenvalue weighted by atomic mass is 15.4. The first kappa shape index (κ1) is 13.3. The van der Waals surface area contributed by atoms with Gasteiger partial charge in [-0.2, -0.15) is 10.1 Å². The van der Waals surface area contributed by atoms with Crippen molar-refractivity contribution in [1.29, 1.82) is 0 Å². The average molecular weight is 303 g/mol. The minimum absolute atomic E-state index is 0.351. The van der Waals surface area contributed by atoms with Gasteiger partial charge in [0.25, 0.3) is 5.95 Å². The summed E-state index contributed by atoms with van der Waals surface area (Å²) in [5.41, 5.74) is 6.30. The Morgan fingerprint density at radius 3 is 2.91 bits per heavy atom. The van der Waals surface area contributed by atoms with Crippen LogP contribution in [0.25, 0.3) is 22.1 Å². The Morgan fingerprint density at radius 2 is 2.04 bits per heavy atom. The van der Waals surface area contributed by atoms with Gasteiger partial charge in [0.1, 0.15) is 5.52 Å². The molecule has 0 saturated heterocycles. The van der Waals surface area contributed by atoms with E-state index in [0.29, 0.717) is 5.95 Å². The molecule has 0 unspecified atom stereocenters. The molecule has 1 N–H and O–H groups in total. The molecule has 0 atom stereocenters. The maximum atomic E-state index is 4.49. The molecule has 1 aromatic carbocycles. The number of hydrazone groups is 1. The van der Waals surface area contributed by atoms with Gasteiger partial charge in [-0.3, -0.25) is 4.98 Å². The quantitative estimate of drug-likeness (QED) is 0.464. The van der Waals surface area contributed by atoms with Gasteiger partial charge >= 0.3 is 0 Å². The summed E-state index contributed by atoms with van der Waals surface area (Å²) in [4.78, 5) is 8.51. The van der Waals surface area contributed by atoms with Crippen LogP contribution in [-0.4, -0.2) is 30.9 Å². The number of hydrogen-bond donors (Lipinski definition) is 1. The van der Waals surface area contributed by atoms with E-state index in [1.165, 1.54) is 0 Å². The summed E-state index contributed by atoms with van der Waals surface area (Å²) in [6, 6.07) is 11.8. The lowest BCUT2D eigenvalue weighted by atomic mass is 10.2. The monoisotopic (exact) mass is 303 g/mol. The second-order valence-corrected chi connectivity index (χ2v) is 5.04. The van der Waals surface area contributed by atoms with Crippen LogP contribution in [0.15, 0.2) is 53.9 Å². The van der Waals surface area contributed by atoms with Gasteiger partial charge in [-0.1, -0.05) is 24.3 Å². The van der Waals surface area contributed by atoms with E-state index in [1.54, 1.807) is 18.6 Å². The third kappa shape index (κ3) is 2.38. The van der Waals surface area contributed by atoms with E-state index >= 15 is 0 Å². The van der Waals surface area contributed by atoms with Crippen LogP contribution in [0, 0.1) is 0 Å². The van der Waals surface area contributed by atoms with E-state index in [-0.39, 0.29) is 0 Å². The van der Waals surface area contributed by atoms with Gasteiger partial charge in [-0.15, -0.1) is 10.2 Å². The van der Waals surface area contributed by atoms with Crippen LogP contribution in [0.3, 0.4) is 0 Å². The third-order valence-corrected chi connectivity index (χ3v) is 3.57. The van der Waals surface area contributed by atoms with Crippen LogP contribution in [0.5, 0.6) is 0 Å². The lowest BCUT2D eigenvalue weighted by molar-refractivity contribution is 0.949. The maximum Gasteiger partial charge on any atom is 0.265 e. The second kappa shape index (κ2) is 5.45. The number of pyridine rings is 1. The summed E-state index contributed by atoms with van der Waals surface area (Å²) in [6.07, 6.45) is 5.09. The Hall–Kier alpha value is -3.35. The number of nitrogens with one attached hydrogen (secondary N) is 1. The lowest BCUT2D eigenvalue weighted by Crippen LogP contribution is -2.00. The highest BCUT2D eigenvalue weighted by Gasteiger charge is 2.11. The van der Waals surface area contributed by atoms with Crippen molar-refractivity contribution in [2.45, 2.75) is 0 Å². The van der Waals surface area contributed by atoms with Crippen molar-refractivity contribution in [2.75, 3.05) is 5.43 Å².